The van der Waals surface area contributed by atoms with Gasteiger partial charge in [0.05, 0.1) is 6.54 Å². The number of hydrogen-bond acceptors (Lipinski definition) is 6. The molecule has 1 atom stereocenters. The quantitative estimate of drug-likeness (QED) is 0.396. The van der Waals surface area contributed by atoms with Gasteiger partial charge in [-0.3, -0.25) is 10.1 Å². The summed E-state index contributed by atoms with van der Waals surface area (Å²) < 4.78 is 4.70. The van der Waals surface area contributed by atoms with E-state index in [0.717, 1.165) is 0 Å². The molecule has 0 saturated carbocycles. The van der Waals surface area contributed by atoms with E-state index >= 15 is 0 Å². The maximum atomic E-state index is 11.4. The highest BCUT2D eigenvalue weighted by atomic mass is 16.6. The van der Waals surface area contributed by atoms with Gasteiger partial charge in [-0.1, -0.05) is 30.3 Å². The van der Waals surface area contributed by atoms with Crippen LogP contribution < -0.4 is 11.1 Å². The fourth-order valence-electron chi connectivity index (χ4n) is 1.30. The standard InChI is InChI=1S/C12H14N2O6/c13-6-9(15)12(19,10(16)17)14-11(18)20-7-8-4-2-1-3-5-8/h1-5,19H,6-7,13H2,(H,14,18)(H,16,17). The van der Waals surface area contributed by atoms with Crippen LogP contribution >= 0.6 is 0 Å². The van der Waals surface area contributed by atoms with Crippen LogP contribution in [0.2, 0.25) is 0 Å². The summed E-state index contributed by atoms with van der Waals surface area (Å²) in [6, 6.07) is 8.58. The molecule has 0 aromatic heterocycles. The molecule has 0 radical (unpaired) electrons. The molecule has 0 fully saturated rings. The van der Waals surface area contributed by atoms with Crippen molar-refractivity contribution in [1.82, 2.24) is 5.32 Å². The van der Waals surface area contributed by atoms with Crippen molar-refractivity contribution in [3.05, 3.63) is 35.9 Å². The molecule has 0 saturated heterocycles. The average molecular weight is 282 g/mol. The molecule has 108 valence electrons. The Morgan fingerprint density at radius 2 is 1.85 bits per heavy atom. The first-order valence-corrected chi connectivity index (χ1v) is 5.58. The molecule has 1 aromatic carbocycles. The Kier molecular flexibility index (Phi) is 5.18. The number of nitrogens with two attached hydrogens (primary N) is 1. The van der Waals surface area contributed by atoms with Crippen LogP contribution in [0.3, 0.4) is 0 Å². The summed E-state index contributed by atoms with van der Waals surface area (Å²) in [5.74, 6) is -3.20. The molecule has 0 spiro atoms. The summed E-state index contributed by atoms with van der Waals surface area (Å²) in [6.45, 7) is -0.888. The van der Waals surface area contributed by atoms with Gasteiger partial charge in [-0.05, 0) is 5.56 Å². The Morgan fingerprint density at radius 1 is 1.25 bits per heavy atom. The first-order chi connectivity index (χ1) is 9.40. The number of carboxylic acid groups (broad SMARTS) is 1. The third-order valence-corrected chi connectivity index (χ3v) is 2.39. The monoisotopic (exact) mass is 282 g/mol. The van der Waals surface area contributed by atoms with Gasteiger partial charge in [0.15, 0.2) is 0 Å². The van der Waals surface area contributed by atoms with E-state index in [9.17, 15) is 19.5 Å². The predicted molar refractivity (Wildman–Crippen MR) is 66.4 cm³/mol. The number of nitrogens with one attached hydrogen (secondary N) is 1. The number of aliphatic carboxylic acids is 1. The molecule has 20 heavy (non-hydrogen) atoms. The number of carbonyl (C=O) groups is 3. The van der Waals surface area contributed by atoms with E-state index in [4.69, 9.17) is 15.6 Å². The van der Waals surface area contributed by atoms with Crippen LogP contribution in [0.4, 0.5) is 4.79 Å². The van der Waals surface area contributed by atoms with Crippen LogP contribution in [0.25, 0.3) is 0 Å². The molecule has 8 nitrogen and oxygen atoms in total. The van der Waals surface area contributed by atoms with Gasteiger partial charge < -0.3 is 20.7 Å². The maximum absolute atomic E-state index is 11.4. The summed E-state index contributed by atoms with van der Waals surface area (Å²) >= 11 is 0. The number of rotatable bonds is 6. The zero-order valence-electron chi connectivity index (χ0n) is 10.4. The molecule has 1 unspecified atom stereocenters. The van der Waals surface area contributed by atoms with Gasteiger partial charge in [0.25, 0.3) is 0 Å². The van der Waals surface area contributed by atoms with Crippen LogP contribution in [0.15, 0.2) is 30.3 Å². The van der Waals surface area contributed by atoms with E-state index in [0.29, 0.717) is 5.56 Å². The highest BCUT2D eigenvalue weighted by molar-refractivity contribution is 6.08. The van der Waals surface area contributed by atoms with Crippen molar-refractivity contribution in [3.63, 3.8) is 0 Å². The third kappa shape index (κ3) is 3.77. The number of alkyl carbamates (subject to hydrolysis) is 1. The van der Waals surface area contributed by atoms with Crippen molar-refractivity contribution in [2.75, 3.05) is 6.54 Å². The smallest absolute Gasteiger partial charge is 0.410 e. The number of hydrogen-bond donors (Lipinski definition) is 4. The van der Waals surface area contributed by atoms with Crippen molar-refractivity contribution < 1.29 is 29.3 Å². The number of carboxylic acids is 1. The second-order valence-electron chi connectivity index (χ2n) is 3.83. The second kappa shape index (κ2) is 6.64. The lowest BCUT2D eigenvalue weighted by Gasteiger charge is -2.21. The molecule has 1 rings (SSSR count). The summed E-state index contributed by atoms with van der Waals surface area (Å²) in [4.78, 5) is 33.5. The maximum Gasteiger partial charge on any atom is 0.410 e. The molecule has 0 aliphatic rings. The van der Waals surface area contributed by atoms with Crippen molar-refractivity contribution in [2.24, 2.45) is 5.73 Å². The molecule has 8 heteroatoms. The fourth-order valence-corrected chi connectivity index (χ4v) is 1.30. The highest BCUT2D eigenvalue weighted by Crippen LogP contribution is 2.05. The van der Waals surface area contributed by atoms with E-state index in [-0.39, 0.29) is 6.61 Å². The molecule has 0 aliphatic carbocycles. The number of Topliss-reactive ketones (excluding diaryl/α,β-unsaturated/α-hetero) is 1. The van der Waals surface area contributed by atoms with Gasteiger partial charge in [-0.15, -0.1) is 0 Å². The number of amides is 1. The van der Waals surface area contributed by atoms with Gasteiger partial charge >= 0.3 is 17.8 Å². The summed E-state index contributed by atoms with van der Waals surface area (Å²) in [7, 11) is 0. The SMILES string of the molecule is NCC(=O)C(O)(NC(=O)OCc1ccccc1)C(=O)O. The number of ether oxygens (including phenoxy) is 1. The van der Waals surface area contributed by atoms with E-state index in [2.05, 4.69) is 0 Å². The van der Waals surface area contributed by atoms with Gasteiger partial charge in [0.2, 0.25) is 5.78 Å². The summed E-state index contributed by atoms with van der Waals surface area (Å²) in [6.07, 6.45) is -1.25. The molecule has 5 N–H and O–H groups in total. The van der Waals surface area contributed by atoms with Crippen LogP contribution in [0, 0.1) is 0 Å². The van der Waals surface area contributed by atoms with Crippen molar-refractivity contribution in [1.29, 1.82) is 0 Å². The molecule has 1 aromatic rings. The Morgan fingerprint density at radius 3 is 2.35 bits per heavy atom. The predicted octanol–water partition coefficient (Wildman–Crippen LogP) is -0.786. The summed E-state index contributed by atoms with van der Waals surface area (Å²) in [5.41, 5.74) is 2.54. The zero-order valence-corrected chi connectivity index (χ0v) is 10.4. The van der Waals surface area contributed by atoms with Gasteiger partial charge in [0.1, 0.15) is 6.61 Å². The second-order valence-corrected chi connectivity index (χ2v) is 3.83. The Balaban J connectivity index is 2.64. The molecule has 0 heterocycles. The van der Waals surface area contributed by atoms with Crippen molar-refractivity contribution in [3.8, 4) is 0 Å². The van der Waals surface area contributed by atoms with Crippen LogP contribution in [0.1, 0.15) is 5.56 Å². The van der Waals surface area contributed by atoms with E-state index in [1.807, 2.05) is 0 Å². The normalized spacial score (nSPS) is 13.1. The minimum absolute atomic E-state index is 0.140. The zero-order chi connectivity index (χ0) is 15.2. The van der Waals surface area contributed by atoms with Crippen LogP contribution in [-0.2, 0) is 20.9 Å². The number of benzene rings is 1. The number of aliphatic hydroxyl groups is 1. The van der Waals surface area contributed by atoms with Crippen molar-refractivity contribution in [2.45, 2.75) is 12.3 Å². The van der Waals surface area contributed by atoms with E-state index in [1.54, 1.807) is 35.6 Å². The Labute approximate surface area is 114 Å². The van der Waals surface area contributed by atoms with Crippen LogP contribution in [0.5, 0.6) is 0 Å². The van der Waals surface area contributed by atoms with Crippen molar-refractivity contribution >= 4 is 17.8 Å². The summed E-state index contributed by atoms with van der Waals surface area (Å²) in [5, 5.41) is 19.9. The first kappa shape index (κ1) is 15.6. The molecule has 0 aliphatic heterocycles. The van der Waals surface area contributed by atoms with E-state index < -0.39 is 30.1 Å². The Hall–Kier alpha value is -2.45. The third-order valence-electron chi connectivity index (χ3n) is 2.39. The molecule has 1 amide bonds. The largest absolute Gasteiger partial charge is 0.477 e. The number of ketones is 1. The lowest BCUT2D eigenvalue weighted by atomic mass is 10.1. The topological polar surface area (TPSA) is 139 Å². The minimum Gasteiger partial charge on any atom is -0.477 e. The van der Waals surface area contributed by atoms with E-state index in [1.165, 1.54) is 0 Å². The fraction of sp³-hybridized carbons (Fsp3) is 0.250. The first-order valence-electron chi connectivity index (χ1n) is 5.58. The minimum atomic E-state index is -3.09. The molecular weight excluding hydrogens is 268 g/mol. The molecule has 0 bridgehead atoms. The lowest BCUT2D eigenvalue weighted by molar-refractivity contribution is -0.167. The van der Waals surface area contributed by atoms with Gasteiger partial charge in [-0.2, -0.15) is 0 Å². The Bertz CT molecular complexity index is 504. The lowest BCUT2D eigenvalue weighted by Crippen LogP contribution is -2.61. The van der Waals surface area contributed by atoms with Gasteiger partial charge in [-0.25, -0.2) is 9.59 Å². The highest BCUT2D eigenvalue weighted by Gasteiger charge is 2.45. The van der Waals surface area contributed by atoms with Gasteiger partial charge in [0, 0.05) is 0 Å². The van der Waals surface area contributed by atoms with Crippen LogP contribution in [-0.4, -0.2) is 40.3 Å². The molecular formula is C12H14N2O6. The average Bonchev–Trinajstić information content (AvgIpc) is 2.45. The number of carbonyl (C=O) groups excluding carboxylic acids is 2.